The molecule has 0 amide bonds. The zero-order valence-electron chi connectivity index (χ0n) is 37.5. The lowest BCUT2D eigenvalue weighted by atomic mass is 10.1. The van der Waals surface area contributed by atoms with Gasteiger partial charge in [-0.05, 0) is 83.5 Å². The number of esters is 2. The Bertz CT molecular complexity index is 1220. The maximum absolute atomic E-state index is 12.7. The Labute approximate surface area is 355 Å². The molecule has 0 rings (SSSR count). The number of phosphoric ester groups is 1. The largest absolute Gasteiger partial charge is 0.472 e. The van der Waals surface area contributed by atoms with Gasteiger partial charge in [0.15, 0.2) is 6.10 Å². The molecule has 0 aromatic carbocycles. The molecule has 0 fully saturated rings. The van der Waals surface area contributed by atoms with Crippen molar-refractivity contribution in [1.82, 2.24) is 0 Å². The molecule has 0 saturated carbocycles. The first-order valence-corrected chi connectivity index (χ1v) is 24.2. The number of unbranched alkanes of at least 4 members (excludes halogenated alkanes) is 15. The van der Waals surface area contributed by atoms with Crippen molar-refractivity contribution >= 4 is 19.8 Å². The predicted octanol–water partition coefficient (Wildman–Crippen LogP) is 13.0. The fourth-order valence-corrected chi connectivity index (χ4v) is 6.37. The van der Waals surface area contributed by atoms with Crippen molar-refractivity contribution in [3.8, 4) is 0 Å². The van der Waals surface area contributed by atoms with E-state index in [2.05, 4.69) is 86.8 Å². The quantitative estimate of drug-likeness (QED) is 0.0162. The third-order valence-electron chi connectivity index (χ3n) is 9.24. The van der Waals surface area contributed by atoms with Crippen molar-refractivity contribution < 1.29 is 42.1 Å². The fraction of sp³-hybridized carbons (Fsp3) is 0.708. The summed E-state index contributed by atoms with van der Waals surface area (Å²) < 4.78 is 34.3. The Balaban J connectivity index is 4.46. The Kier molecular flexibility index (Phi) is 38.1. The van der Waals surface area contributed by atoms with Crippen LogP contribution in [0.25, 0.3) is 0 Å². The van der Waals surface area contributed by atoms with Gasteiger partial charge >= 0.3 is 19.8 Å². The molecule has 334 valence electrons. The Morgan fingerprint density at radius 1 is 0.552 bits per heavy atom. The highest BCUT2D eigenvalue weighted by Gasteiger charge is 2.27. The van der Waals surface area contributed by atoms with E-state index in [9.17, 15) is 19.0 Å². The molecule has 0 bridgehead atoms. The Morgan fingerprint density at radius 2 is 0.983 bits per heavy atom. The number of rotatable bonds is 40. The molecule has 0 radical (unpaired) electrons. The molecule has 0 heterocycles. The van der Waals surface area contributed by atoms with Crippen molar-refractivity contribution in [3.63, 3.8) is 0 Å². The second kappa shape index (κ2) is 39.9. The minimum Gasteiger partial charge on any atom is -0.462 e. The number of carbonyl (C=O) groups excluding carboxylic acids is 2. The van der Waals surface area contributed by atoms with Gasteiger partial charge in [0.1, 0.15) is 19.8 Å². The molecule has 0 saturated heterocycles. The standard InChI is InChI=1S/C48H84NO8P/c1-6-8-10-12-14-16-18-20-22-23-24-25-27-29-31-33-35-37-39-41-48(51)57-46(45-56-58(52,53)55-43-42-49(3,4)5)44-54-47(50)40-38-36-34-32-30-28-26-21-19-17-15-13-11-9-7-2/h14,16-17,19-22,24-26,29,31,46H,6-13,15,18,23,27-28,30,32-45H2,1-5H3/p+1/b16-14+,19-17+,22-20+,25-24+,26-21+,31-29+/t46-/m1/s1. The van der Waals surface area contributed by atoms with E-state index in [1.165, 1.54) is 51.4 Å². The molecule has 58 heavy (non-hydrogen) atoms. The first kappa shape index (κ1) is 55.5. The number of hydrogen-bond donors (Lipinski definition) is 1. The van der Waals surface area contributed by atoms with Crippen LogP contribution in [0.5, 0.6) is 0 Å². The van der Waals surface area contributed by atoms with E-state index in [1.54, 1.807) is 0 Å². The molecule has 0 aliphatic heterocycles. The molecule has 2 atom stereocenters. The van der Waals surface area contributed by atoms with E-state index in [4.69, 9.17) is 18.5 Å². The maximum Gasteiger partial charge on any atom is 0.472 e. The first-order valence-electron chi connectivity index (χ1n) is 22.7. The lowest BCUT2D eigenvalue weighted by Gasteiger charge is -2.24. The lowest BCUT2D eigenvalue weighted by molar-refractivity contribution is -0.870. The van der Waals surface area contributed by atoms with Gasteiger partial charge in [-0.2, -0.15) is 0 Å². The minimum absolute atomic E-state index is 0.0189. The number of ether oxygens (including phenoxy) is 2. The molecule has 0 aliphatic carbocycles. The van der Waals surface area contributed by atoms with E-state index < -0.39 is 32.5 Å². The van der Waals surface area contributed by atoms with Crippen LogP contribution in [0.2, 0.25) is 0 Å². The highest BCUT2D eigenvalue weighted by Crippen LogP contribution is 2.43. The molecule has 10 heteroatoms. The number of hydrogen-bond acceptors (Lipinski definition) is 7. The fourth-order valence-electron chi connectivity index (χ4n) is 5.63. The van der Waals surface area contributed by atoms with Crippen molar-refractivity contribution in [2.75, 3.05) is 47.5 Å². The Hall–Kier alpha value is -2.55. The van der Waals surface area contributed by atoms with Gasteiger partial charge < -0.3 is 18.9 Å². The molecular weight excluding hydrogens is 750 g/mol. The average Bonchev–Trinajstić information content (AvgIpc) is 3.17. The number of quaternary nitrogens is 1. The zero-order valence-corrected chi connectivity index (χ0v) is 38.4. The zero-order chi connectivity index (χ0) is 42.8. The van der Waals surface area contributed by atoms with Crippen LogP contribution in [0.1, 0.15) is 168 Å². The smallest absolute Gasteiger partial charge is 0.462 e. The molecular formula is C48H85NO8P+. The van der Waals surface area contributed by atoms with Crippen molar-refractivity contribution in [2.45, 2.75) is 174 Å². The van der Waals surface area contributed by atoms with Crippen LogP contribution in [0.15, 0.2) is 72.9 Å². The number of allylic oxidation sites excluding steroid dienone is 12. The second-order valence-corrected chi connectivity index (χ2v) is 17.6. The lowest BCUT2D eigenvalue weighted by Crippen LogP contribution is -2.37. The maximum atomic E-state index is 12.7. The van der Waals surface area contributed by atoms with Gasteiger partial charge in [-0.1, -0.05) is 145 Å². The molecule has 0 aliphatic rings. The number of nitrogens with zero attached hydrogens (tertiary/aromatic N) is 1. The van der Waals surface area contributed by atoms with Gasteiger partial charge in [0.2, 0.25) is 0 Å². The Morgan fingerprint density at radius 3 is 1.53 bits per heavy atom. The van der Waals surface area contributed by atoms with Crippen molar-refractivity contribution in [2.24, 2.45) is 0 Å². The van der Waals surface area contributed by atoms with Crippen LogP contribution < -0.4 is 0 Å². The van der Waals surface area contributed by atoms with Gasteiger partial charge in [-0.25, -0.2) is 4.57 Å². The molecule has 1 unspecified atom stereocenters. The van der Waals surface area contributed by atoms with E-state index in [1.807, 2.05) is 21.1 Å². The third-order valence-corrected chi connectivity index (χ3v) is 10.2. The van der Waals surface area contributed by atoms with Crippen molar-refractivity contribution in [3.05, 3.63) is 72.9 Å². The number of phosphoric acid groups is 1. The summed E-state index contributed by atoms with van der Waals surface area (Å²) >= 11 is 0. The van der Waals surface area contributed by atoms with E-state index in [0.29, 0.717) is 23.9 Å². The average molecular weight is 835 g/mol. The number of likely N-dealkylation sites (N-methyl/N-ethyl adjacent to an activating group) is 1. The molecule has 9 nitrogen and oxygen atoms in total. The predicted molar refractivity (Wildman–Crippen MR) is 242 cm³/mol. The SMILES string of the molecule is CCCCC/C=C/C/C=C/C/C=C/C/C=C/CCCCCC(=O)O[C@H](COC(=O)CCCCCCC/C=C/C=C/CCCCCC)COP(=O)(O)OCC[N+](C)(C)C. The molecule has 1 N–H and O–H groups in total. The van der Waals surface area contributed by atoms with E-state index in [-0.39, 0.29) is 26.1 Å². The third kappa shape index (κ3) is 43.0. The molecule has 0 aromatic heterocycles. The van der Waals surface area contributed by atoms with Gasteiger partial charge in [-0.3, -0.25) is 18.6 Å². The summed E-state index contributed by atoms with van der Waals surface area (Å²) in [6.07, 6.45) is 49.4. The number of carbonyl (C=O) groups is 2. The summed E-state index contributed by atoms with van der Waals surface area (Å²) in [6, 6.07) is 0. The summed E-state index contributed by atoms with van der Waals surface area (Å²) in [6.45, 7) is 4.30. The van der Waals surface area contributed by atoms with Crippen LogP contribution in [-0.2, 0) is 32.7 Å². The topological polar surface area (TPSA) is 108 Å². The van der Waals surface area contributed by atoms with Crippen molar-refractivity contribution in [1.29, 1.82) is 0 Å². The van der Waals surface area contributed by atoms with Gasteiger partial charge in [-0.15, -0.1) is 0 Å². The highest BCUT2D eigenvalue weighted by atomic mass is 31.2. The van der Waals surface area contributed by atoms with Gasteiger partial charge in [0.25, 0.3) is 0 Å². The summed E-state index contributed by atoms with van der Waals surface area (Å²) in [7, 11) is 1.43. The van der Waals surface area contributed by atoms with Crippen LogP contribution >= 0.6 is 7.82 Å². The summed E-state index contributed by atoms with van der Waals surface area (Å²) in [5, 5.41) is 0. The minimum atomic E-state index is -4.39. The van der Waals surface area contributed by atoms with E-state index >= 15 is 0 Å². The van der Waals surface area contributed by atoms with Crippen LogP contribution in [0.4, 0.5) is 0 Å². The molecule has 0 aromatic rings. The first-order chi connectivity index (χ1) is 28.0. The van der Waals surface area contributed by atoms with Crippen LogP contribution in [0, 0.1) is 0 Å². The summed E-state index contributed by atoms with van der Waals surface area (Å²) in [5.41, 5.74) is 0. The van der Waals surface area contributed by atoms with Gasteiger partial charge in [0.05, 0.1) is 27.7 Å². The van der Waals surface area contributed by atoms with Crippen LogP contribution in [0.3, 0.4) is 0 Å². The second-order valence-electron chi connectivity index (χ2n) is 16.1. The normalized spacial score (nSPS) is 14.2. The highest BCUT2D eigenvalue weighted by molar-refractivity contribution is 7.47. The monoisotopic (exact) mass is 835 g/mol. The molecule has 0 spiro atoms. The van der Waals surface area contributed by atoms with Crippen LogP contribution in [-0.4, -0.2) is 74.9 Å². The summed E-state index contributed by atoms with van der Waals surface area (Å²) in [5.74, 6) is -0.858. The van der Waals surface area contributed by atoms with Gasteiger partial charge in [0, 0.05) is 12.8 Å². The summed E-state index contributed by atoms with van der Waals surface area (Å²) in [4.78, 5) is 35.4. The van der Waals surface area contributed by atoms with E-state index in [0.717, 1.165) is 77.0 Å².